The van der Waals surface area contributed by atoms with E-state index in [1.165, 1.54) is 7.11 Å². The third-order valence-corrected chi connectivity index (χ3v) is 6.15. The molecular formula is C25H26N4O3. The van der Waals surface area contributed by atoms with E-state index in [4.69, 9.17) is 9.84 Å². The van der Waals surface area contributed by atoms with Gasteiger partial charge in [0.25, 0.3) is 0 Å². The maximum absolute atomic E-state index is 13.1. The van der Waals surface area contributed by atoms with Crippen LogP contribution >= 0.6 is 0 Å². The van der Waals surface area contributed by atoms with E-state index in [0.717, 1.165) is 41.8 Å². The van der Waals surface area contributed by atoms with E-state index in [1.54, 1.807) is 4.68 Å². The number of anilines is 1. The molecule has 7 heteroatoms. The predicted molar refractivity (Wildman–Crippen MR) is 121 cm³/mol. The molecule has 1 atom stereocenters. The van der Waals surface area contributed by atoms with Crippen LogP contribution in [0.15, 0.2) is 60.7 Å². The van der Waals surface area contributed by atoms with Crippen molar-refractivity contribution in [3.63, 3.8) is 0 Å². The first-order valence-electron chi connectivity index (χ1n) is 11.0. The summed E-state index contributed by atoms with van der Waals surface area (Å²) in [6.45, 7) is 0.697. The summed E-state index contributed by atoms with van der Waals surface area (Å²) in [7, 11) is 1.38. The van der Waals surface area contributed by atoms with E-state index >= 15 is 0 Å². The number of nitrogens with one attached hydrogen (secondary N) is 1. The zero-order chi connectivity index (χ0) is 22.1. The number of carbonyl (C=O) groups excluding carboxylic acids is 2. The topological polar surface area (TPSA) is 76.5 Å². The normalized spacial score (nSPS) is 18.1. The van der Waals surface area contributed by atoms with Gasteiger partial charge < -0.3 is 10.1 Å². The van der Waals surface area contributed by atoms with Crippen molar-refractivity contribution in [2.45, 2.75) is 31.2 Å². The number of carbonyl (C=O) groups is 2. The summed E-state index contributed by atoms with van der Waals surface area (Å²) in [6, 6.07) is 19.0. The molecular weight excluding hydrogens is 404 g/mol. The minimum Gasteiger partial charge on any atom is -0.468 e. The van der Waals surface area contributed by atoms with E-state index in [1.807, 2.05) is 65.6 Å². The number of amides is 1. The molecule has 164 valence electrons. The van der Waals surface area contributed by atoms with Crippen LogP contribution in [0.5, 0.6) is 0 Å². The highest BCUT2D eigenvalue weighted by Gasteiger charge is 2.35. The molecule has 2 heterocycles. The van der Waals surface area contributed by atoms with Gasteiger partial charge in [-0.3, -0.25) is 9.69 Å². The summed E-state index contributed by atoms with van der Waals surface area (Å²) in [5.74, 6) is 0.584. The van der Waals surface area contributed by atoms with Gasteiger partial charge in [-0.1, -0.05) is 42.5 Å². The average Bonchev–Trinajstić information content (AvgIpc) is 3.59. The van der Waals surface area contributed by atoms with E-state index in [0.29, 0.717) is 18.3 Å². The van der Waals surface area contributed by atoms with Crippen LogP contribution in [0.4, 0.5) is 5.82 Å². The summed E-state index contributed by atoms with van der Waals surface area (Å²) in [4.78, 5) is 27.6. The molecule has 0 spiro atoms. The Morgan fingerprint density at radius 1 is 1.09 bits per heavy atom. The fourth-order valence-corrected chi connectivity index (χ4v) is 4.38. The Morgan fingerprint density at radius 3 is 2.59 bits per heavy atom. The van der Waals surface area contributed by atoms with Crippen molar-refractivity contribution >= 4 is 17.7 Å². The molecule has 1 amide bonds. The number of benzene rings is 2. The Kier molecular flexibility index (Phi) is 5.49. The number of para-hydroxylation sites is 1. The number of hydrogen-bond donors (Lipinski definition) is 1. The molecule has 1 N–H and O–H groups in total. The highest BCUT2D eigenvalue weighted by molar-refractivity contribution is 5.92. The third kappa shape index (κ3) is 4.03. The number of fused-ring (bicyclic) bond motifs is 1. The number of hydrogen-bond acceptors (Lipinski definition) is 5. The molecule has 7 nitrogen and oxygen atoms in total. The maximum atomic E-state index is 13.1. The van der Waals surface area contributed by atoms with Crippen molar-refractivity contribution in [3.8, 4) is 5.69 Å². The zero-order valence-electron chi connectivity index (χ0n) is 18.0. The largest absolute Gasteiger partial charge is 0.468 e. The number of ether oxygens (including phenoxy) is 1. The second-order valence-electron chi connectivity index (χ2n) is 8.37. The van der Waals surface area contributed by atoms with Gasteiger partial charge in [-0.2, -0.15) is 5.10 Å². The molecule has 1 fully saturated rings. The van der Waals surface area contributed by atoms with E-state index in [2.05, 4.69) is 5.32 Å². The smallest absolute Gasteiger partial charge is 0.327 e. The van der Waals surface area contributed by atoms with E-state index < -0.39 is 6.04 Å². The molecule has 1 aliphatic carbocycles. The van der Waals surface area contributed by atoms with Gasteiger partial charge in [0.15, 0.2) is 0 Å². The van der Waals surface area contributed by atoms with Crippen LogP contribution in [-0.4, -0.2) is 46.8 Å². The van der Waals surface area contributed by atoms with Crippen LogP contribution in [-0.2, 0) is 20.7 Å². The molecule has 0 unspecified atom stereocenters. The third-order valence-electron chi connectivity index (χ3n) is 6.15. The molecule has 32 heavy (non-hydrogen) atoms. The number of nitrogens with zero attached hydrogens (tertiary/aromatic N) is 3. The Morgan fingerprint density at radius 2 is 1.84 bits per heavy atom. The first-order valence-corrected chi connectivity index (χ1v) is 11.0. The van der Waals surface area contributed by atoms with Crippen molar-refractivity contribution in [3.05, 3.63) is 77.5 Å². The SMILES string of the molecule is COC(=O)[C@H]1c2ccccc2CCN1CC(=O)Nc1cc(C2CC2)nn1-c1ccccc1. The second kappa shape index (κ2) is 8.59. The summed E-state index contributed by atoms with van der Waals surface area (Å²) in [5, 5.41) is 7.77. The number of methoxy groups -OCH3 is 1. The van der Waals surface area contributed by atoms with Crippen LogP contribution in [0.1, 0.15) is 41.6 Å². The van der Waals surface area contributed by atoms with Crippen LogP contribution in [0.2, 0.25) is 0 Å². The second-order valence-corrected chi connectivity index (χ2v) is 8.37. The summed E-state index contributed by atoms with van der Waals surface area (Å²) < 4.78 is 6.85. The number of rotatable bonds is 6. The highest BCUT2D eigenvalue weighted by Crippen LogP contribution is 2.40. The molecule has 3 aromatic rings. The maximum Gasteiger partial charge on any atom is 0.327 e. The molecule has 1 aromatic heterocycles. The summed E-state index contributed by atoms with van der Waals surface area (Å²) >= 11 is 0. The molecule has 2 aromatic carbocycles. The van der Waals surface area contributed by atoms with Gasteiger partial charge in [0.05, 0.1) is 25.0 Å². The van der Waals surface area contributed by atoms with E-state index in [-0.39, 0.29) is 18.4 Å². The van der Waals surface area contributed by atoms with Crippen molar-refractivity contribution in [2.24, 2.45) is 0 Å². The monoisotopic (exact) mass is 430 g/mol. The fraction of sp³-hybridized carbons (Fsp3) is 0.320. The molecule has 0 saturated heterocycles. The average molecular weight is 431 g/mol. The Hall–Kier alpha value is -3.45. The van der Waals surface area contributed by atoms with Gasteiger partial charge in [-0.15, -0.1) is 0 Å². The molecule has 2 aliphatic rings. The Labute approximate surface area is 187 Å². The Bertz CT molecular complexity index is 1140. The van der Waals surface area contributed by atoms with E-state index in [9.17, 15) is 9.59 Å². The van der Waals surface area contributed by atoms with Gasteiger partial charge >= 0.3 is 5.97 Å². The molecule has 1 aliphatic heterocycles. The van der Waals surface area contributed by atoms with Gasteiger partial charge in [-0.25, -0.2) is 9.48 Å². The highest BCUT2D eigenvalue weighted by atomic mass is 16.5. The first-order chi connectivity index (χ1) is 15.6. The van der Waals surface area contributed by atoms with Crippen molar-refractivity contribution in [1.29, 1.82) is 0 Å². The number of aromatic nitrogens is 2. The lowest BCUT2D eigenvalue weighted by molar-refractivity contribution is -0.148. The van der Waals surface area contributed by atoms with Crippen molar-refractivity contribution < 1.29 is 14.3 Å². The summed E-state index contributed by atoms with van der Waals surface area (Å²) in [6.07, 6.45) is 3.05. The lowest BCUT2D eigenvalue weighted by atomic mass is 9.92. The quantitative estimate of drug-likeness (QED) is 0.606. The zero-order valence-corrected chi connectivity index (χ0v) is 18.0. The first kappa shape index (κ1) is 20.5. The molecule has 5 rings (SSSR count). The van der Waals surface area contributed by atoms with Gasteiger partial charge in [0.1, 0.15) is 11.9 Å². The van der Waals surface area contributed by atoms with Crippen LogP contribution < -0.4 is 5.32 Å². The lowest BCUT2D eigenvalue weighted by Crippen LogP contribution is -2.44. The van der Waals surface area contributed by atoms with Gasteiger partial charge in [-0.05, 0) is 42.5 Å². The van der Waals surface area contributed by atoms with Crippen molar-refractivity contribution in [2.75, 3.05) is 25.5 Å². The lowest BCUT2D eigenvalue weighted by Gasteiger charge is -2.34. The number of esters is 1. The van der Waals surface area contributed by atoms with Crippen LogP contribution in [0.25, 0.3) is 5.69 Å². The summed E-state index contributed by atoms with van der Waals surface area (Å²) in [5.41, 5.74) is 3.93. The Balaban J connectivity index is 1.37. The minimum absolute atomic E-state index is 0.0901. The molecule has 0 bridgehead atoms. The molecule has 0 radical (unpaired) electrons. The van der Waals surface area contributed by atoms with Crippen molar-refractivity contribution in [1.82, 2.24) is 14.7 Å². The molecule has 1 saturated carbocycles. The van der Waals surface area contributed by atoms with Gasteiger partial charge in [0.2, 0.25) is 5.91 Å². The van der Waals surface area contributed by atoms with Crippen LogP contribution in [0.3, 0.4) is 0 Å². The predicted octanol–water partition coefficient (Wildman–Crippen LogP) is 3.46. The van der Waals surface area contributed by atoms with Crippen LogP contribution in [0, 0.1) is 0 Å². The minimum atomic E-state index is -0.586. The van der Waals surface area contributed by atoms with Gasteiger partial charge in [0, 0.05) is 18.5 Å². The standard InChI is InChI=1S/C25H26N4O3/c1-32-25(31)24-20-10-6-5-7-17(20)13-14-28(24)16-23(30)26-22-15-21(18-11-12-18)27-29(22)19-8-3-2-4-9-19/h2-10,15,18,24H,11-14,16H2,1H3,(H,26,30)/t24-/m1/s1. The fourth-order valence-electron chi connectivity index (χ4n) is 4.38.